The summed E-state index contributed by atoms with van der Waals surface area (Å²) in [6, 6.07) is 4.78. The second kappa shape index (κ2) is 7.49. The number of nitrogen functional groups attached to an aromatic ring is 1. The van der Waals surface area contributed by atoms with E-state index in [2.05, 4.69) is 19.9 Å². The highest BCUT2D eigenvalue weighted by atomic mass is 16.3. The number of carbonyl (C=O) groups is 1. The fourth-order valence-corrected chi connectivity index (χ4v) is 4.70. The number of hydrogen-bond donors (Lipinski definition) is 3. The lowest BCUT2D eigenvalue weighted by Crippen LogP contribution is -2.42. The molecule has 33 heavy (non-hydrogen) atoms. The summed E-state index contributed by atoms with van der Waals surface area (Å²) in [6.07, 6.45) is 2.06. The Kier molecular flexibility index (Phi) is 4.83. The van der Waals surface area contributed by atoms with Crippen LogP contribution in [0.15, 0.2) is 30.9 Å². The average molecular weight is 451 g/mol. The van der Waals surface area contributed by atoms with E-state index >= 15 is 0 Å². The number of rotatable bonds is 2. The highest BCUT2D eigenvalue weighted by Crippen LogP contribution is 2.34. The van der Waals surface area contributed by atoms with E-state index in [-0.39, 0.29) is 31.2 Å². The van der Waals surface area contributed by atoms with Crippen LogP contribution in [0.1, 0.15) is 35.6 Å². The molecule has 3 atom stereocenters. The Morgan fingerprint density at radius 2 is 2.03 bits per heavy atom. The molecule has 11 nitrogen and oxygen atoms in total. The second-order valence-electron chi connectivity index (χ2n) is 8.95. The number of hydrogen-bond acceptors (Lipinski definition) is 8. The van der Waals surface area contributed by atoms with Gasteiger partial charge in [-0.15, -0.1) is 0 Å². The normalized spacial score (nSPS) is 23.8. The van der Waals surface area contributed by atoms with E-state index in [4.69, 9.17) is 5.73 Å². The first-order valence-corrected chi connectivity index (χ1v) is 10.7. The van der Waals surface area contributed by atoms with Gasteiger partial charge in [0.25, 0.3) is 5.91 Å². The van der Waals surface area contributed by atoms with Crippen molar-refractivity contribution in [2.24, 2.45) is 7.05 Å². The van der Waals surface area contributed by atoms with E-state index in [1.54, 1.807) is 28.5 Å². The van der Waals surface area contributed by atoms with Crippen LogP contribution in [0, 0.1) is 6.92 Å². The zero-order valence-corrected chi connectivity index (χ0v) is 18.7. The zero-order valence-electron chi connectivity index (χ0n) is 18.7. The van der Waals surface area contributed by atoms with Crippen LogP contribution in [0.5, 0.6) is 0 Å². The van der Waals surface area contributed by atoms with Gasteiger partial charge in [-0.2, -0.15) is 0 Å². The van der Waals surface area contributed by atoms with Crippen molar-refractivity contribution in [1.29, 1.82) is 0 Å². The largest absolute Gasteiger partial charge is 0.391 e. The van der Waals surface area contributed by atoms with Crippen LogP contribution >= 0.6 is 0 Å². The first-order chi connectivity index (χ1) is 15.7. The molecule has 1 fully saturated rings. The second-order valence-corrected chi connectivity index (χ2v) is 8.95. The molecule has 0 bridgehead atoms. The van der Waals surface area contributed by atoms with Gasteiger partial charge >= 0.3 is 0 Å². The lowest BCUT2D eigenvalue weighted by Gasteiger charge is -2.34. The molecule has 0 unspecified atom stereocenters. The quantitative estimate of drug-likeness (QED) is 0.406. The molecule has 1 aliphatic heterocycles. The zero-order chi connectivity index (χ0) is 23.5. The maximum Gasteiger partial charge on any atom is 0.254 e. The van der Waals surface area contributed by atoms with Crippen LogP contribution in [0.4, 0.5) is 5.82 Å². The van der Waals surface area contributed by atoms with E-state index in [1.165, 1.54) is 12.7 Å². The molecule has 11 heteroatoms. The van der Waals surface area contributed by atoms with Gasteiger partial charge in [0.15, 0.2) is 11.5 Å². The third-order valence-electron chi connectivity index (χ3n) is 6.55. The minimum Gasteiger partial charge on any atom is -0.391 e. The van der Waals surface area contributed by atoms with E-state index in [0.29, 0.717) is 16.7 Å². The predicted octanol–water partition coefficient (Wildman–Crippen LogP) is 0.803. The summed E-state index contributed by atoms with van der Waals surface area (Å²) >= 11 is 0. The number of aromatic nitrogens is 6. The van der Waals surface area contributed by atoms with Crippen LogP contribution in [0.3, 0.4) is 0 Å². The molecule has 1 amide bonds. The van der Waals surface area contributed by atoms with Gasteiger partial charge in [-0.3, -0.25) is 4.79 Å². The summed E-state index contributed by atoms with van der Waals surface area (Å²) in [7, 11) is 1.93. The van der Waals surface area contributed by atoms with Crippen LogP contribution in [-0.4, -0.2) is 74.9 Å². The number of nitrogens with two attached hydrogens (primary N) is 1. The van der Waals surface area contributed by atoms with Gasteiger partial charge in [-0.25, -0.2) is 19.9 Å². The van der Waals surface area contributed by atoms with Crippen molar-refractivity contribution in [3.05, 3.63) is 42.2 Å². The molecule has 1 saturated heterocycles. The number of fused-ring (bicyclic) bond motifs is 2. The number of anilines is 1. The fourth-order valence-electron chi connectivity index (χ4n) is 4.70. The lowest BCUT2D eigenvalue weighted by atomic mass is 9.91. The molecule has 3 aromatic heterocycles. The topological polar surface area (TPSA) is 148 Å². The summed E-state index contributed by atoms with van der Waals surface area (Å²) in [5.74, 6) is 0.837. The minimum absolute atomic E-state index is 0.0835. The molecule has 0 radical (unpaired) electrons. The van der Waals surface area contributed by atoms with Crippen molar-refractivity contribution in [2.75, 3.05) is 18.8 Å². The number of carbonyl (C=O) groups excluding carboxylic acids is 1. The molecule has 172 valence electrons. The molecular weight excluding hydrogens is 424 g/mol. The van der Waals surface area contributed by atoms with Crippen molar-refractivity contribution >= 4 is 33.9 Å². The number of aryl methyl sites for hydroxylation is 2. The predicted molar refractivity (Wildman–Crippen MR) is 121 cm³/mol. The minimum atomic E-state index is -1.33. The lowest BCUT2D eigenvalue weighted by molar-refractivity contribution is -0.0217. The highest BCUT2D eigenvalue weighted by molar-refractivity contribution is 5.97. The number of benzene rings is 1. The van der Waals surface area contributed by atoms with Gasteiger partial charge in [0.2, 0.25) is 0 Å². The maximum atomic E-state index is 13.5. The van der Waals surface area contributed by atoms with Crippen molar-refractivity contribution in [3.63, 3.8) is 0 Å². The van der Waals surface area contributed by atoms with E-state index in [0.717, 1.165) is 16.9 Å². The number of imidazole rings is 2. The third kappa shape index (κ3) is 3.49. The van der Waals surface area contributed by atoms with Crippen LogP contribution in [0.2, 0.25) is 0 Å². The summed E-state index contributed by atoms with van der Waals surface area (Å²) in [4.78, 5) is 32.1. The molecule has 0 aliphatic carbocycles. The highest BCUT2D eigenvalue weighted by Gasteiger charge is 2.42. The fraction of sp³-hybridized carbons (Fsp3) is 0.409. The molecule has 5 rings (SSSR count). The SMILES string of the molecule is Cc1nc2cc(C(=O)N3C[C@H](O)C[C@](C)(O)[C@@H](n4cnc5c(N)ncnc54)C3)ccc2n1C. The van der Waals surface area contributed by atoms with Gasteiger partial charge in [-0.1, -0.05) is 0 Å². The summed E-state index contributed by atoms with van der Waals surface area (Å²) < 4.78 is 3.67. The number of aliphatic hydroxyl groups is 2. The number of likely N-dealkylation sites (tertiary alicyclic amines) is 1. The van der Waals surface area contributed by atoms with Gasteiger partial charge in [-0.05, 0) is 32.0 Å². The first kappa shape index (κ1) is 21.3. The Morgan fingerprint density at radius 3 is 2.82 bits per heavy atom. The number of β-amino-alcohol motifs (C(OH)–C–C–N with tert-alkyl or cyclic N) is 1. The van der Waals surface area contributed by atoms with Crippen molar-refractivity contribution in [3.8, 4) is 0 Å². The van der Waals surface area contributed by atoms with Crippen LogP contribution in [-0.2, 0) is 7.05 Å². The third-order valence-corrected chi connectivity index (χ3v) is 6.55. The van der Waals surface area contributed by atoms with Crippen molar-refractivity contribution in [1.82, 2.24) is 34.0 Å². The Hall–Kier alpha value is -3.57. The van der Waals surface area contributed by atoms with Gasteiger partial charge in [0.05, 0.1) is 35.1 Å². The van der Waals surface area contributed by atoms with Gasteiger partial charge in [0, 0.05) is 32.1 Å². The standard InChI is InChI=1S/C22H26N8O3/c1-12-27-15-6-13(4-5-16(15)28(12)3)21(32)29-8-14(31)7-22(2,33)17(9-29)30-11-26-18-19(23)24-10-25-20(18)30/h4-6,10-11,14,17,31,33H,7-9H2,1-3H3,(H2,23,24,25)/t14-,17+,22+/m1/s1. The smallest absolute Gasteiger partial charge is 0.254 e. The Balaban J connectivity index is 1.54. The van der Waals surface area contributed by atoms with E-state index in [1.807, 2.05) is 24.6 Å². The van der Waals surface area contributed by atoms with E-state index in [9.17, 15) is 15.0 Å². The number of amides is 1. The monoisotopic (exact) mass is 450 g/mol. The Morgan fingerprint density at radius 1 is 1.24 bits per heavy atom. The van der Waals surface area contributed by atoms with E-state index < -0.39 is 17.7 Å². The summed E-state index contributed by atoms with van der Waals surface area (Å²) in [6.45, 7) is 3.80. The number of aliphatic hydroxyl groups excluding tert-OH is 1. The number of nitrogens with zero attached hydrogens (tertiary/aromatic N) is 7. The summed E-state index contributed by atoms with van der Waals surface area (Å²) in [5.41, 5.74) is 7.61. The molecule has 0 saturated carbocycles. The van der Waals surface area contributed by atoms with Crippen LogP contribution in [0.25, 0.3) is 22.2 Å². The van der Waals surface area contributed by atoms with Crippen LogP contribution < -0.4 is 5.73 Å². The van der Waals surface area contributed by atoms with Crippen molar-refractivity contribution < 1.29 is 15.0 Å². The van der Waals surface area contributed by atoms with Crippen molar-refractivity contribution in [2.45, 2.75) is 38.0 Å². The average Bonchev–Trinajstić information content (AvgIpc) is 3.27. The molecule has 1 aliphatic rings. The molecule has 4 aromatic rings. The molecule has 4 N–H and O–H groups in total. The molecule has 1 aromatic carbocycles. The first-order valence-electron chi connectivity index (χ1n) is 10.7. The molecule has 4 heterocycles. The molecular formula is C22H26N8O3. The van der Waals surface area contributed by atoms with Gasteiger partial charge in [0.1, 0.15) is 17.7 Å². The Bertz CT molecular complexity index is 1370. The Labute approximate surface area is 189 Å². The summed E-state index contributed by atoms with van der Waals surface area (Å²) in [5, 5.41) is 21.9. The maximum absolute atomic E-state index is 13.5. The van der Waals surface area contributed by atoms with Gasteiger partial charge < -0.3 is 30.0 Å². The molecule has 0 spiro atoms.